The molecule has 9 heteroatoms. The van der Waals surface area contributed by atoms with E-state index in [1.54, 1.807) is 6.33 Å². The second kappa shape index (κ2) is 8.70. The second-order valence-electron chi connectivity index (χ2n) is 7.85. The molecule has 3 N–H and O–H groups in total. The van der Waals surface area contributed by atoms with Crippen molar-refractivity contribution in [1.29, 1.82) is 0 Å². The molecule has 0 bridgehead atoms. The molecular formula is C23H24N4O5. The Morgan fingerprint density at radius 2 is 1.91 bits per heavy atom. The predicted molar refractivity (Wildman–Crippen MR) is 116 cm³/mol. The number of carbonyl (C=O) groups excluding carboxylic acids is 1. The number of nitrogens with zero attached hydrogens (tertiary/aromatic N) is 3. The highest BCUT2D eigenvalue weighted by molar-refractivity contribution is 6.10. The van der Waals surface area contributed by atoms with E-state index in [2.05, 4.69) is 32.7 Å². The number of fused-ring (bicyclic) bond motifs is 3. The Labute approximate surface area is 184 Å². The summed E-state index contributed by atoms with van der Waals surface area (Å²) in [7, 11) is 0. The molecule has 2 aromatic heterocycles. The highest BCUT2D eigenvalue weighted by Crippen LogP contribution is 2.36. The van der Waals surface area contributed by atoms with Crippen molar-refractivity contribution in [3.8, 4) is 0 Å². The Balaban J connectivity index is 0.000000265. The third-order valence-corrected chi connectivity index (χ3v) is 5.86. The Morgan fingerprint density at radius 3 is 2.56 bits per heavy atom. The van der Waals surface area contributed by atoms with Crippen LogP contribution in [-0.4, -0.2) is 54.0 Å². The molecule has 32 heavy (non-hydrogen) atoms. The first kappa shape index (κ1) is 21.4. The van der Waals surface area contributed by atoms with Crippen molar-refractivity contribution in [2.45, 2.75) is 39.3 Å². The van der Waals surface area contributed by atoms with Crippen LogP contribution in [0.1, 0.15) is 39.4 Å². The summed E-state index contributed by atoms with van der Waals surface area (Å²) in [4.78, 5) is 41.7. The van der Waals surface area contributed by atoms with Crippen LogP contribution in [0.15, 0.2) is 36.7 Å². The number of H-pyrrole nitrogens is 1. The highest BCUT2D eigenvalue weighted by atomic mass is 16.4. The van der Waals surface area contributed by atoms with E-state index in [-0.39, 0.29) is 5.91 Å². The fourth-order valence-corrected chi connectivity index (χ4v) is 4.43. The van der Waals surface area contributed by atoms with Crippen molar-refractivity contribution >= 4 is 28.7 Å². The summed E-state index contributed by atoms with van der Waals surface area (Å²) in [6.45, 7) is 4.39. The average molecular weight is 436 g/mol. The van der Waals surface area contributed by atoms with Crippen LogP contribution in [0.25, 0.3) is 10.9 Å². The molecule has 2 aliphatic heterocycles. The molecule has 1 amide bonds. The van der Waals surface area contributed by atoms with Gasteiger partial charge in [-0.3, -0.25) is 4.79 Å². The van der Waals surface area contributed by atoms with E-state index in [9.17, 15) is 14.4 Å². The van der Waals surface area contributed by atoms with Crippen molar-refractivity contribution in [1.82, 2.24) is 19.4 Å². The first-order valence-electron chi connectivity index (χ1n) is 10.4. The fraction of sp³-hybridized carbons (Fsp3) is 0.304. The molecule has 0 saturated carbocycles. The number of benzene rings is 1. The number of aliphatic carboxylic acids is 2. The van der Waals surface area contributed by atoms with E-state index in [1.807, 2.05) is 11.8 Å². The molecule has 0 fully saturated rings. The number of hydrogen-bond donors (Lipinski definition) is 3. The number of aromatic amines is 1. The van der Waals surface area contributed by atoms with Crippen molar-refractivity contribution in [3.05, 3.63) is 64.9 Å². The lowest BCUT2D eigenvalue weighted by atomic mass is 10.0. The van der Waals surface area contributed by atoms with Gasteiger partial charge in [0, 0.05) is 48.4 Å². The van der Waals surface area contributed by atoms with Crippen LogP contribution < -0.4 is 0 Å². The lowest BCUT2D eigenvalue weighted by Gasteiger charge is -2.28. The Hall–Kier alpha value is -3.88. The molecule has 0 atom stereocenters. The molecule has 3 aromatic rings. The van der Waals surface area contributed by atoms with Crippen LogP contribution in [0.5, 0.6) is 0 Å². The Morgan fingerprint density at radius 1 is 1.16 bits per heavy atom. The van der Waals surface area contributed by atoms with E-state index >= 15 is 0 Å². The van der Waals surface area contributed by atoms with Crippen LogP contribution in [-0.2, 0) is 35.5 Å². The molecule has 0 unspecified atom stereocenters. The number of carboxylic acid groups (broad SMARTS) is 2. The van der Waals surface area contributed by atoms with Gasteiger partial charge in [-0.1, -0.05) is 18.2 Å². The van der Waals surface area contributed by atoms with Gasteiger partial charge in [-0.2, -0.15) is 0 Å². The van der Waals surface area contributed by atoms with Gasteiger partial charge in [0.1, 0.15) is 0 Å². The second-order valence-corrected chi connectivity index (χ2v) is 7.85. The molecule has 0 aliphatic carbocycles. The van der Waals surface area contributed by atoms with Gasteiger partial charge in [0.25, 0.3) is 5.91 Å². The van der Waals surface area contributed by atoms with E-state index < -0.39 is 11.9 Å². The molecule has 2 aliphatic rings. The largest absolute Gasteiger partial charge is 0.478 e. The standard InChI is InChI=1S/C19H20N4O.C4H4O4/c1-12-15(21-11-20-12)10-22-9-7-16-17(19(22)24)14-6-2-4-13-5-3-8-23(16)18(13)14;5-3(6)1-2-4(7)8/h2,4,6,11H,3,5,7-10H2,1H3,(H,20,21);1-2H,(H,5,6)(H,7,8). The summed E-state index contributed by atoms with van der Waals surface area (Å²) in [5.74, 6) is -2.36. The van der Waals surface area contributed by atoms with Gasteiger partial charge in [-0.05, 0) is 25.3 Å². The first-order chi connectivity index (χ1) is 15.4. The number of carboxylic acids is 2. The Bertz CT molecular complexity index is 1220. The number of carbonyl (C=O) groups is 3. The van der Waals surface area contributed by atoms with Crippen molar-refractivity contribution in [3.63, 3.8) is 0 Å². The van der Waals surface area contributed by atoms with Crippen LogP contribution >= 0.6 is 0 Å². The first-order valence-corrected chi connectivity index (χ1v) is 10.4. The van der Waals surface area contributed by atoms with Crippen molar-refractivity contribution in [2.75, 3.05) is 6.54 Å². The van der Waals surface area contributed by atoms with E-state index in [4.69, 9.17) is 10.2 Å². The van der Waals surface area contributed by atoms with Crippen molar-refractivity contribution in [2.24, 2.45) is 0 Å². The van der Waals surface area contributed by atoms with Gasteiger partial charge in [0.2, 0.25) is 0 Å². The molecule has 1 aromatic carbocycles. The van der Waals surface area contributed by atoms with Gasteiger partial charge in [-0.25, -0.2) is 14.6 Å². The van der Waals surface area contributed by atoms with E-state index in [0.717, 1.165) is 54.7 Å². The van der Waals surface area contributed by atoms with Gasteiger partial charge in [0.15, 0.2) is 0 Å². The van der Waals surface area contributed by atoms with Crippen LogP contribution in [0, 0.1) is 6.92 Å². The monoisotopic (exact) mass is 436 g/mol. The molecule has 0 saturated heterocycles. The minimum atomic E-state index is -1.26. The SMILES string of the molecule is Cc1[nH]cnc1CN1CCc2c(c3cccc4c3n2CCC4)C1=O.O=C(O)C=CC(=O)O. The quantitative estimate of drug-likeness (QED) is 0.539. The molecule has 5 rings (SSSR count). The molecule has 4 heterocycles. The molecule has 0 spiro atoms. The van der Waals surface area contributed by atoms with Crippen molar-refractivity contribution < 1.29 is 24.6 Å². The number of aromatic nitrogens is 3. The lowest BCUT2D eigenvalue weighted by molar-refractivity contribution is -0.134. The zero-order chi connectivity index (χ0) is 22.8. The minimum Gasteiger partial charge on any atom is -0.478 e. The normalized spacial score (nSPS) is 14.9. The van der Waals surface area contributed by atoms with Gasteiger partial charge in [-0.15, -0.1) is 0 Å². The van der Waals surface area contributed by atoms with Gasteiger partial charge in [0.05, 0.1) is 29.6 Å². The van der Waals surface area contributed by atoms with E-state index in [0.29, 0.717) is 18.7 Å². The average Bonchev–Trinajstić information content (AvgIpc) is 3.32. The van der Waals surface area contributed by atoms with Crippen LogP contribution in [0.3, 0.4) is 0 Å². The fourth-order valence-electron chi connectivity index (χ4n) is 4.43. The summed E-state index contributed by atoms with van der Waals surface area (Å²) in [6.07, 6.45) is 6.02. The summed E-state index contributed by atoms with van der Waals surface area (Å²) >= 11 is 0. The van der Waals surface area contributed by atoms with Crippen LogP contribution in [0.2, 0.25) is 0 Å². The molecule has 9 nitrogen and oxygen atoms in total. The molecular weight excluding hydrogens is 412 g/mol. The summed E-state index contributed by atoms with van der Waals surface area (Å²) in [5.41, 5.74) is 6.83. The zero-order valence-electron chi connectivity index (χ0n) is 17.7. The van der Waals surface area contributed by atoms with E-state index in [1.165, 1.54) is 16.8 Å². The number of hydrogen-bond acceptors (Lipinski definition) is 4. The Kier molecular flexibility index (Phi) is 5.81. The predicted octanol–water partition coefficient (Wildman–Crippen LogP) is 2.53. The number of amides is 1. The smallest absolute Gasteiger partial charge is 0.328 e. The number of nitrogens with one attached hydrogen (secondary N) is 1. The maximum absolute atomic E-state index is 13.2. The van der Waals surface area contributed by atoms with Crippen LogP contribution in [0.4, 0.5) is 0 Å². The van der Waals surface area contributed by atoms with Gasteiger partial charge < -0.3 is 24.7 Å². The minimum absolute atomic E-state index is 0.154. The third-order valence-electron chi connectivity index (χ3n) is 5.86. The maximum Gasteiger partial charge on any atom is 0.328 e. The van der Waals surface area contributed by atoms with Gasteiger partial charge >= 0.3 is 11.9 Å². The molecule has 166 valence electrons. The number of aryl methyl sites for hydroxylation is 3. The summed E-state index contributed by atoms with van der Waals surface area (Å²) in [6, 6.07) is 6.41. The highest BCUT2D eigenvalue weighted by Gasteiger charge is 2.32. The zero-order valence-corrected chi connectivity index (χ0v) is 17.7. The lowest BCUT2D eigenvalue weighted by Crippen LogP contribution is -2.37. The summed E-state index contributed by atoms with van der Waals surface area (Å²) < 4.78 is 2.40. The topological polar surface area (TPSA) is 129 Å². The number of imidazole rings is 1. The third kappa shape index (κ3) is 4.01. The number of para-hydroxylation sites is 1. The summed E-state index contributed by atoms with van der Waals surface area (Å²) in [5, 5.41) is 16.8. The number of rotatable bonds is 4. The maximum atomic E-state index is 13.2. The molecule has 0 radical (unpaired) electrons.